The van der Waals surface area contributed by atoms with Crippen LogP contribution in [0.25, 0.3) is 0 Å². The van der Waals surface area contributed by atoms with Gasteiger partial charge >= 0.3 is 0 Å². The number of ether oxygens (including phenoxy) is 1. The van der Waals surface area contributed by atoms with Gasteiger partial charge in [-0.15, -0.1) is 0 Å². The van der Waals surface area contributed by atoms with Crippen LogP contribution in [-0.2, 0) is 29.1 Å². The Balaban J connectivity index is 1.64. The lowest BCUT2D eigenvalue weighted by Crippen LogP contribution is -2.34. The van der Waals surface area contributed by atoms with Crippen LogP contribution in [-0.4, -0.2) is 39.6 Å². The van der Waals surface area contributed by atoms with Gasteiger partial charge in [0.2, 0.25) is 5.91 Å². The third-order valence-electron chi connectivity index (χ3n) is 5.19. The van der Waals surface area contributed by atoms with Gasteiger partial charge in [-0.2, -0.15) is 0 Å². The Kier molecular flexibility index (Phi) is 8.91. The van der Waals surface area contributed by atoms with Crippen molar-refractivity contribution in [2.24, 2.45) is 0 Å². The van der Waals surface area contributed by atoms with Crippen molar-refractivity contribution in [2.75, 3.05) is 18.6 Å². The van der Waals surface area contributed by atoms with E-state index in [2.05, 4.69) is 26.0 Å². The molecule has 0 saturated carbocycles. The summed E-state index contributed by atoms with van der Waals surface area (Å²) in [7, 11) is 0. The highest BCUT2D eigenvalue weighted by molar-refractivity contribution is 6.30. The number of benzene rings is 1. The number of aromatic amines is 1. The monoisotopic (exact) mass is 500 g/mol. The summed E-state index contributed by atoms with van der Waals surface area (Å²) < 4.78 is 6.94. The molecule has 2 amide bonds. The van der Waals surface area contributed by atoms with Gasteiger partial charge in [-0.3, -0.25) is 14.4 Å². The van der Waals surface area contributed by atoms with Gasteiger partial charge < -0.3 is 25.8 Å². The Bertz CT molecular complexity index is 1250. The van der Waals surface area contributed by atoms with Gasteiger partial charge in [0.15, 0.2) is 6.61 Å². The summed E-state index contributed by atoms with van der Waals surface area (Å²) in [6.07, 6.45) is 3.23. The van der Waals surface area contributed by atoms with Crippen molar-refractivity contribution in [2.45, 2.75) is 40.3 Å². The maximum absolute atomic E-state index is 12.9. The van der Waals surface area contributed by atoms with Crippen LogP contribution in [0.5, 0.6) is 5.75 Å². The fourth-order valence-electron chi connectivity index (χ4n) is 3.38. The molecule has 3 rings (SSSR count). The number of likely N-dealkylation sites (N-methyl/N-ethyl adjacent to an activating group) is 1. The second kappa shape index (κ2) is 12.1. The first kappa shape index (κ1) is 25.8. The summed E-state index contributed by atoms with van der Waals surface area (Å²) in [5.74, 6) is 0.650. The zero-order valence-corrected chi connectivity index (χ0v) is 20.7. The lowest BCUT2D eigenvalue weighted by atomic mass is 10.1. The van der Waals surface area contributed by atoms with Crippen molar-refractivity contribution in [3.8, 4) is 5.75 Å². The van der Waals surface area contributed by atoms with Gasteiger partial charge in [0.25, 0.3) is 11.5 Å². The molecule has 2 aromatic heterocycles. The van der Waals surface area contributed by atoms with E-state index >= 15 is 0 Å². The van der Waals surface area contributed by atoms with Crippen molar-refractivity contribution in [1.29, 1.82) is 0 Å². The normalized spacial score (nSPS) is 10.6. The summed E-state index contributed by atoms with van der Waals surface area (Å²) in [6, 6.07) is 6.74. The minimum Gasteiger partial charge on any atom is -0.483 e. The summed E-state index contributed by atoms with van der Waals surface area (Å²) in [4.78, 5) is 44.6. The maximum atomic E-state index is 12.9. The van der Waals surface area contributed by atoms with E-state index in [9.17, 15) is 14.4 Å². The summed E-state index contributed by atoms with van der Waals surface area (Å²) in [6.45, 7) is 6.32. The number of carbonyl (C=O) groups excluding carboxylic acids is 2. The standard InChI is InChI=1S/C24H29ClN6O4/c1-4-26-23(33)14-35-21-6-5-18(25)9-17(21)11-28-22(32)10-20-15(2)7-8-31(24(20)34)29-13-19-12-27-16(3)30-19/h5-9,12,29H,4,10-11,13-14H2,1-3H3,(H,26,33)(H,27,30)(H,28,32). The van der Waals surface area contributed by atoms with Gasteiger partial charge in [0.1, 0.15) is 11.6 Å². The number of H-pyrrole nitrogens is 1. The summed E-state index contributed by atoms with van der Waals surface area (Å²) >= 11 is 6.10. The average molecular weight is 501 g/mol. The second-order valence-electron chi connectivity index (χ2n) is 7.93. The predicted molar refractivity (Wildman–Crippen MR) is 133 cm³/mol. The van der Waals surface area contributed by atoms with Crippen LogP contribution in [0.2, 0.25) is 5.02 Å². The Morgan fingerprint density at radius 3 is 2.66 bits per heavy atom. The number of aromatic nitrogens is 3. The van der Waals surface area contributed by atoms with Crippen molar-refractivity contribution in [3.63, 3.8) is 0 Å². The number of pyridine rings is 1. The van der Waals surface area contributed by atoms with E-state index in [1.54, 1.807) is 43.6 Å². The maximum Gasteiger partial charge on any atom is 0.272 e. The van der Waals surface area contributed by atoms with Crippen molar-refractivity contribution in [1.82, 2.24) is 25.3 Å². The van der Waals surface area contributed by atoms with Gasteiger partial charge in [-0.1, -0.05) is 11.6 Å². The highest BCUT2D eigenvalue weighted by Crippen LogP contribution is 2.23. The van der Waals surface area contributed by atoms with E-state index < -0.39 is 0 Å². The molecular formula is C24H29ClN6O4. The quantitative estimate of drug-likeness (QED) is 0.318. The largest absolute Gasteiger partial charge is 0.483 e. The molecule has 0 bridgehead atoms. The number of nitrogens with zero attached hydrogens (tertiary/aromatic N) is 2. The molecule has 35 heavy (non-hydrogen) atoms. The molecular weight excluding hydrogens is 472 g/mol. The minimum atomic E-state index is -0.332. The van der Waals surface area contributed by atoms with Gasteiger partial charge in [0.05, 0.1) is 24.9 Å². The van der Waals surface area contributed by atoms with E-state index in [-0.39, 0.29) is 36.9 Å². The molecule has 0 unspecified atom stereocenters. The van der Waals surface area contributed by atoms with Crippen molar-refractivity contribution < 1.29 is 14.3 Å². The first-order valence-corrected chi connectivity index (χ1v) is 11.5. The van der Waals surface area contributed by atoms with Crippen molar-refractivity contribution in [3.05, 3.63) is 80.2 Å². The van der Waals surface area contributed by atoms with E-state index in [1.807, 2.05) is 13.8 Å². The number of rotatable bonds is 11. The zero-order chi connectivity index (χ0) is 25.4. The van der Waals surface area contributed by atoms with Gasteiger partial charge in [-0.25, -0.2) is 9.66 Å². The molecule has 0 aliphatic rings. The number of amides is 2. The molecule has 1 aromatic carbocycles. The van der Waals surface area contributed by atoms with Crippen LogP contribution in [0.3, 0.4) is 0 Å². The second-order valence-corrected chi connectivity index (χ2v) is 8.37. The number of aryl methyl sites for hydroxylation is 2. The van der Waals surface area contributed by atoms with Crippen molar-refractivity contribution >= 4 is 23.4 Å². The molecule has 0 radical (unpaired) electrons. The van der Waals surface area contributed by atoms with Gasteiger partial charge in [0, 0.05) is 35.4 Å². The fraction of sp³-hybridized carbons (Fsp3) is 0.333. The van der Waals surface area contributed by atoms with Crippen LogP contribution in [0.4, 0.5) is 0 Å². The molecule has 0 atom stereocenters. The average Bonchev–Trinajstić information content (AvgIpc) is 3.24. The highest BCUT2D eigenvalue weighted by Gasteiger charge is 2.14. The van der Waals surface area contributed by atoms with E-state index in [0.29, 0.717) is 40.6 Å². The number of imidazole rings is 1. The molecule has 0 fully saturated rings. The van der Waals surface area contributed by atoms with Crippen LogP contribution >= 0.6 is 11.6 Å². The Hall–Kier alpha value is -3.79. The molecule has 0 spiro atoms. The number of carbonyl (C=O) groups is 2. The molecule has 4 N–H and O–H groups in total. The lowest BCUT2D eigenvalue weighted by Gasteiger charge is -2.14. The topological polar surface area (TPSA) is 130 Å². The first-order valence-electron chi connectivity index (χ1n) is 11.2. The van der Waals surface area contributed by atoms with E-state index in [4.69, 9.17) is 16.3 Å². The number of halogens is 1. The minimum absolute atomic E-state index is 0.0913. The van der Waals surface area contributed by atoms with Gasteiger partial charge in [-0.05, 0) is 50.6 Å². The molecule has 0 saturated heterocycles. The Labute approximate surface area is 208 Å². The lowest BCUT2D eigenvalue weighted by molar-refractivity contribution is -0.123. The SMILES string of the molecule is CCNC(=O)COc1ccc(Cl)cc1CNC(=O)Cc1c(C)ccn(NCc2cnc(C)[nH]2)c1=O. The zero-order valence-electron chi connectivity index (χ0n) is 19.9. The third-order valence-corrected chi connectivity index (χ3v) is 5.43. The fourth-order valence-corrected chi connectivity index (χ4v) is 3.57. The molecule has 2 heterocycles. The molecule has 3 aromatic rings. The number of nitrogens with one attached hydrogen (secondary N) is 4. The van der Waals surface area contributed by atoms with Crippen LogP contribution in [0, 0.1) is 13.8 Å². The molecule has 0 aliphatic heterocycles. The van der Waals surface area contributed by atoms with Crippen LogP contribution < -0.4 is 26.4 Å². The molecule has 186 valence electrons. The van der Waals surface area contributed by atoms with Crippen LogP contribution in [0.15, 0.2) is 41.5 Å². The predicted octanol–water partition coefficient (Wildman–Crippen LogP) is 1.96. The highest BCUT2D eigenvalue weighted by atomic mass is 35.5. The molecule has 11 heteroatoms. The number of hydrogen-bond acceptors (Lipinski definition) is 6. The Morgan fingerprint density at radius 2 is 1.94 bits per heavy atom. The third kappa shape index (κ3) is 7.35. The molecule has 10 nitrogen and oxygen atoms in total. The van der Waals surface area contributed by atoms with E-state index in [0.717, 1.165) is 11.5 Å². The number of hydrogen-bond donors (Lipinski definition) is 4. The summed E-state index contributed by atoms with van der Waals surface area (Å²) in [5, 5.41) is 5.93. The first-order chi connectivity index (χ1) is 16.8. The molecule has 0 aliphatic carbocycles. The summed E-state index contributed by atoms with van der Waals surface area (Å²) in [5.41, 5.74) is 5.28. The smallest absolute Gasteiger partial charge is 0.272 e. The van der Waals surface area contributed by atoms with E-state index in [1.165, 1.54) is 4.68 Å². The Morgan fingerprint density at radius 1 is 1.14 bits per heavy atom. The van der Waals surface area contributed by atoms with Crippen LogP contribution in [0.1, 0.15) is 35.1 Å².